The van der Waals surface area contributed by atoms with Crippen LogP contribution in [0.2, 0.25) is 30.8 Å². The van der Waals surface area contributed by atoms with E-state index < -0.39 is 14.0 Å². The number of hydrogen-bond donors (Lipinski definition) is 0. The Morgan fingerprint density at radius 3 is 2.67 bits per heavy atom. The van der Waals surface area contributed by atoms with Gasteiger partial charge in [0.1, 0.15) is 5.15 Å². The fourth-order valence-electron chi connectivity index (χ4n) is 1.89. The molecule has 0 aliphatic carbocycles. The number of carbonyl (C=O) groups is 1. The Hall–Kier alpha value is -1.86. The molecule has 0 N–H and O–H groups in total. The Bertz CT molecular complexity index is 713. The number of ether oxygens (including phenoxy) is 2. The Balaban J connectivity index is 2.07. The lowest BCUT2D eigenvalue weighted by Gasteiger charge is -2.14. The van der Waals surface area contributed by atoms with E-state index in [1.165, 1.54) is 0 Å². The second-order valence-electron chi connectivity index (χ2n) is 6.49. The number of nitrogens with zero attached hydrogens (tertiary/aromatic N) is 3. The molecule has 0 spiro atoms. The molecule has 2 rings (SSSR count). The second-order valence-corrected chi connectivity index (χ2v) is 12.5. The first-order valence-corrected chi connectivity index (χ1v) is 11.9. The molecule has 0 aliphatic heterocycles. The van der Waals surface area contributed by atoms with Gasteiger partial charge in [0, 0.05) is 20.3 Å². The highest BCUT2D eigenvalue weighted by atomic mass is 35.5. The molecule has 0 amide bonds. The van der Waals surface area contributed by atoms with Crippen molar-refractivity contribution >= 4 is 25.6 Å². The van der Waals surface area contributed by atoms with Crippen LogP contribution in [0.4, 0.5) is 0 Å². The third-order valence-electron chi connectivity index (χ3n) is 3.23. The van der Waals surface area contributed by atoms with Gasteiger partial charge < -0.3 is 9.47 Å². The summed E-state index contributed by atoms with van der Waals surface area (Å²) in [5.74, 6) is 0.561. The molecular weight excluding hydrogens is 346 g/mol. The fraction of sp³-hybridized carbons (Fsp3) is 0.438. The Kier molecular flexibility index (Phi) is 6.01. The smallest absolute Gasteiger partial charge is 0.341 e. The first-order chi connectivity index (χ1) is 11.3. The van der Waals surface area contributed by atoms with Crippen molar-refractivity contribution in [1.29, 1.82) is 0 Å². The number of esters is 1. The van der Waals surface area contributed by atoms with E-state index in [1.807, 2.05) is 0 Å². The molecular formula is C16H22ClN3O3Si. The highest BCUT2D eigenvalue weighted by molar-refractivity contribution is 6.76. The molecule has 0 bridgehead atoms. The minimum absolute atomic E-state index is 0.0858. The lowest BCUT2D eigenvalue weighted by Crippen LogP contribution is -2.22. The normalized spacial score (nSPS) is 11.4. The molecule has 0 fully saturated rings. The lowest BCUT2D eigenvalue weighted by atomic mass is 10.3. The molecule has 130 valence electrons. The van der Waals surface area contributed by atoms with E-state index in [1.54, 1.807) is 36.0 Å². The van der Waals surface area contributed by atoms with Crippen molar-refractivity contribution in [2.24, 2.45) is 0 Å². The van der Waals surface area contributed by atoms with Crippen LogP contribution in [0.3, 0.4) is 0 Å². The molecule has 24 heavy (non-hydrogen) atoms. The molecule has 0 saturated carbocycles. The summed E-state index contributed by atoms with van der Waals surface area (Å²) in [6.07, 6.45) is 1.74. The highest BCUT2D eigenvalue weighted by Crippen LogP contribution is 2.18. The quantitative estimate of drug-likeness (QED) is 0.423. The monoisotopic (exact) mass is 367 g/mol. The number of carbonyl (C=O) groups excluding carboxylic acids is 1. The van der Waals surface area contributed by atoms with Gasteiger partial charge in [0.2, 0.25) is 5.88 Å². The van der Waals surface area contributed by atoms with Crippen LogP contribution in [0.15, 0.2) is 24.4 Å². The lowest BCUT2D eigenvalue weighted by molar-refractivity contribution is 0.0526. The van der Waals surface area contributed by atoms with Gasteiger partial charge in [-0.25, -0.2) is 14.5 Å². The van der Waals surface area contributed by atoms with Crippen molar-refractivity contribution in [2.75, 3.05) is 13.2 Å². The van der Waals surface area contributed by atoms with Crippen LogP contribution in [0, 0.1) is 0 Å². The van der Waals surface area contributed by atoms with Crippen molar-refractivity contribution in [3.05, 3.63) is 35.1 Å². The van der Waals surface area contributed by atoms with E-state index in [2.05, 4.69) is 29.7 Å². The van der Waals surface area contributed by atoms with Crippen LogP contribution in [-0.4, -0.2) is 42.0 Å². The van der Waals surface area contributed by atoms with E-state index in [0.29, 0.717) is 18.3 Å². The van der Waals surface area contributed by atoms with E-state index in [0.717, 1.165) is 6.04 Å². The van der Waals surface area contributed by atoms with Gasteiger partial charge in [-0.1, -0.05) is 31.2 Å². The standard InChI is InChI=1S/C16H22ClN3O3Si/c1-5-22-16(21)12-6-7-13(18-15(12)17)20-9-8-14(19-20)23-10-11-24(2,3)4/h6-9H,5,10-11H2,1-4H3. The van der Waals surface area contributed by atoms with Gasteiger partial charge in [-0.3, -0.25) is 0 Å². The maximum atomic E-state index is 11.7. The first kappa shape index (κ1) is 18.5. The first-order valence-electron chi connectivity index (χ1n) is 7.82. The Morgan fingerprint density at radius 2 is 2.04 bits per heavy atom. The van der Waals surface area contributed by atoms with E-state index in [4.69, 9.17) is 21.1 Å². The van der Waals surface area contributed by atoms with Gasteiger partial charge >= 0.3 is 5.97 Å². The van der Waals surface area contributed by atoms with Crippen molar-refractivity contribution in [2.45, 2.75) is 32.6 Å². The Labute approximate surface area is 147 Å². The third kappa shape index (κ3) is 5.07. The minimum atomic E-state index is -1.13. The van der Waals surface area contributed by atoms with Crippen molar-refractivity contribution in [3.63, 3.8) is 0 Å². The van der Waals surface area contributed by atoms with Gasteiger partial charge in [0.05, 0.1) is 18.8 Å². The molecule has 0 unspecified atom stereocenters. The molecule has 0 radical (unpaired) electrons. The average Bonchev–Trinajstić information content (AvgIpc) is 2.94. The summed E-state index contributed by atoms with van der Waals surface area (Å²) in [6, 6.07) is 6.09. The number of rotatable bonds is 7. The van der Waals surface area contributed by atoms with Crippen LogP contribution in [-0.2, 0) is 4.74 Å². The SMILES string of the molecule is CCOC(=O)c1ccc(-n2ccc(OCC[Si](C)(C)C)n2)nc1Cl. The molecule has 2 aromatic heterocycles. The summed E-state index contributed by atoms with van der Waals surface area (Å²) in [5.41, 5.74) is 0.237. The van der Waals surface area contributed by atoms with Crippen molar-refractivity contribution in [3.8, 4) is 11.7 Å². The fourth-order valence-corrected chi connectivity index (χ4v) is 2.83. The highest BCUT2D eigenvalue weighted by Gasteiger charge is 2.15. The van der Waals surface area contributed by atoms with Crippen molar-refractivity contribution in [1.82, 2.24) is 14.8 Å². The van der Waals surface area contributed by atoms with E-state index in [-0.39, 0.29) is 17.3 Å². The summed E-state index contributed by atoms with van der Waals surface area (Å²) >= 11 is 6.07. The molecule has 6 nitrogen and oxygen atoms in total. The summed E-state index contributed by atoms with van der Waals surface area (Å²) in [7, 11) is -1.13. The summed E-state index contributed by atoms with van der Waals surface area (Å²) in [5, 5.41) is 4.41. The Morgan fingerprint density at radius 1 is 1.29 bits per heavy atom. The number of aromatic nitrogens is 3. The predicted molar refractivity (Wildman–Crippen MR) is 96.0 cm³/mol. The number of pyridine rings is 1. The molecule has 0 atom stereocenters. The maximum Gasteiger partial charge on any atom is 0.341 e. The van der Waals surface area contributed by atoms with E-state index in [9.17, 15) is 4.79 Å². The van der Waals surface area contributed by atoms with Crippen LogP contribution >= 0.6 is 11.6 Å². The molecule has 0 aromatic carbocycles. The third-order valence-corrected chi connectivity index (χ3v) is 5.22. The van der Waals surface area contributed by atoms with Gasteiger partial charge in [-0.2, -0.15) is 0 Å². The number of hydrogen-bond acceptors (Lipinski definition) is 5. The summed E-state index contributed by atoms with van der Waals surface area (Å²) in [6.45, 7) is 9.57. The van der Waals surface area contributed by atoms with Gasteiger partial charge in [-0.15, -0.1) is 5.10 Å². The van der Waals surface area contributed by atoms with E-state index >= 15 is 0 Å². The predicted octanol–water partition coefficient (Wildman–Crippen LogP) is 3.81. The van der Waals surface area contributed by atoms with Gasteiger partial charge in [0.15, 0.2) is 5.82 Å². The zero-order valence-corrected chi connectivity index (χ0v) is 16.1. The minimum Gasteiger partial charge on any atom is -0.477 e. The van der Waals surface area contributed by atoms with Crippen LogP contribution in [0.1, 0.15) is 17.3 Å². The van der Waals surface area contributed by atoms with Crippen LogP contribution in [0.25, 0.3) is 5.82 Å². The molecule has 2 heterocycles. The van der Waals surface area contributed by atoms with Crippen LogP contribution in [0.5, 0.6) is 5.88 Å². The zero-order chi connectivity index (χ0) is 17.7. The summed E-state index contributed by atoms with van der Waals surface area (Å²) in [4.78, 5) is 15.9. The molecule has 0 saturated heterocycles. The number of halogens is 1. The summed E-state index contributed by atoms with van der Waals surface area (Å²) < 4.78 is 12.2. The van der Waals surface area contributed by atoms with Crippen molar-refractivity contribution < 1.29 is 14.3 Å². The second kappa shape index (κ2) is 7.81. The molecule has 2 aromatic rings. The average molecular weight is 368 g/mol. The molecule has 0 aliphatic rings. The molecule has 8 heteroatoms. The van der Waals surface area contributed by atoms with Gasteiger partial charge in [-0.05, 0) is 25.1 Å². The zero-order valence-electron chi connectivity index (χ0n) is 14.4. The maximum absolute atomic E-state index is 11.7. The largest absolute Gasteiger partial charge is 0.477 e. The topological polar surface area (TPSA) is 66.2 Å². The van der Waals surface area contributed by atoms with Crippen LogP contribution < -0.4 is 4.74 Å². The van der Waals surface area contributed by atoms with Gasteiger partial charge in [0.25, 0.3) is 0 Å².